The molecule has 1 amide bonds. The van der Waals surface area contributed by atoms with Crippen LogP contribution in [-0.4, -0.2) is 45.9 Å². The van der Waals surface area contributed by atoms with Crippen molar-refractivity contribution in [3.63, 3.8) is 0 Å². The van der Waals surface area contributed by atoms with Crippen molar-refractivity contribution in [2.75, 3.05) is 13.7 Å². The average Bonchev–Trinajstić information content (AvgIpc) is 2.68. The minimum absolute atomic E-state index is 0.000176. The van der Waals surface area contributed by atoms with E-state index in [4.69, 9.17) is 9.47 Å². The van der Waals surface area contributed by atoms with Crippen LogP contribution in [0.25, 0.3) is 0 Å². The maximum atomic E-state index is 11.8. The number of benzene rings is 1. The average molecular weight is 406 g/mol. The van der Waals surface area contributed by atoms with Crippen molar-refractivity contribution in [3.8, 4) is 11.5 Å². The first-order valence-electron chi connectivity index (χ1n) is 8.34. The number of nitro groups is 1. The van der Waals surface area contributed by atoms with E-state index in [2.05, 4.69) is 20.7 Å². The number of nitrogens with one attached hydrogen (secondary N) is 3. The van der Waals surface area contributed by atoms with Gasteiger partial charge in [0, 0.05) is 24.5 Å². The van der Waals surface area contributed by atoms with Gasteiger partial charge in [-0.1, -0.05) is 0 Å². The fourth-order valence-electron chi connectivity index (χ4n) is 2.27. The third-order valence-corrected chi connectivity index (χ3v) is 3.54. The Kier molecular flexibility index (Phi) is 7.17. The number of carbonyl (C=O) groups is 1. The van der Waals surface area contributed by atoms with Crippen LogP contribution in [0, 0.1) is 10.1 Å². The lowest BCUT2D eigenvalue weighted by Gasteiger charge is -2.10. The molecular formula is C16H18N6O7. The van der Waals surface area contributed by atoms with Crippen LogP contribution >= 0.6 is 0 Å². The van der Waals surface area contributed by atoms with Crippen molar-refractivity contribution in [1.29, 1.82) is 0 Å². The number of hydrogen-bond donors (Lipinski definition) is 3. The SMILES string of the molecule is CCOc1c(OC)cc(/C=N/NC(=O)CCc2n[nH]c(=O)[nH]c2=O)cc1[N+](=O)[O-]. The van der Waals surface area contributed by atoms with Gasteiger partial charge in [0.15, 0.2) is 5.75 Å². The quantitative estimate of drug-likeness (QED) is 0.292. The van der Waals surface area contributed by atoms with Gasteiger partial charge in [-0.05, 0) is 13.0 Å². The second-order valence-electron chi connectivity index (χ2n) is 5.51. The molecule has 0 bridgehead atoms. The van der Waals surface area contributed by atoms with Crippen LogP contribution in [0.4, 0.5) is 5.69 Å². The molecule has 0 aliphatic rings. The summed E-state index contributed by atoms with van der Waals surface area (Å²) in [7, 11) is 1.34. The van der Waals surface area contributed by atoms with Gasteiger partial charge in [0.1, 0.15) is 5.69 Å². The molecule has 29 heavy (non-hydrogen) atoms. The Balaban J connectivity index is 2.06. The van der Waals surface area contributed by atoms with Gasteiger partial charge in [0.2, 0.25) is 11.7 Å². The first-order chi connectivity index (χ1) is 13.8. The maximum absolute atomic E-state index is 11.8. The Morgan fingerprint density at radius 2 is 2.17 bits per heavy atom. The first kappa shape index (κ1) is 21.3. The van der Waals surface area contributed by atoms with Gasteiger partial charge in [0.05, 0.1) is 24.9 Å². The normalized spacial score (nSPS) is 10.7. The molecule has 2 aromatic rings. The zero-order chi connectivity index (χ0) is 21.4. The molecule has 0 atom stereocenters. The number of hydrogen-bond acceptors (Lipinski definition) is 9. The van der Waals surface area contributed by atoms with E-state index < -0.39 is 22.1 Å². The molecule has 2 rings (SSSR count). The number of amides is 1. The molecule has 1 aromatic heterocycles. The van der Waals surface area contributed by atoms with Gasteiger partial charge in [-0.15, -0.1) is 0 Å². The van der Waals surface area contributed by atoms with Crippen molar-refractivity contribution in [1.82, 2.24) is 20.6 Å². The van der Waals surface area contributed by atoms with Crippen molar-refractivity contribution in [3.05, 3.63) is 54.3 Å². The molecule has 154 valence electrons. The van der Waals surface area contributed by atoms with E-state index in [1.54, 1.807) is 6.92 Å². The summed E-state index contributed by atoms with van der Waals surface area (Å²) in [6.07, 6.45) is 1.07. The molecule has 3 N–H and O–H groups in total. The minimum Gasteiger partial charge on any atom is -0.493 e. The highest BCUT2D eigenvalue weighted by molar-refractivity contribution is 5.85. The van der Waals surface area contributed by atoms with E-state index in [1.165, 1.54) is 25.5 Å². The number of H-pyrrole nitrogens is 2. The standard InChI is InChI=1S/C16H18N6O7/c1-3-29-14-11(22(26)27)6-9(7-12(14)28-2)8-17-20-13(23)5-4-10-15(24)18-16(25)21-19-10/h6-8H,3-5H2,1-2H3,(H,20,23)(H2,18,21,24,25)/b17-8+. The van der Waals surface area contributed by atoms with Gasteiger partial charge < -0.3 is 9.47 Å². The second-order valence-corrected chi connectivity index (χ2v) is 5.51. The fourth-order valence-corrected chi connectivity index (χ4v) is 2.27. The lowest BCUT2D eigenvalue weighted by atomic mass is 10.2. The van der Waals surface area contributed by atoms with Crippen LogP contribution in [0.2, 0.25) is 0 Å². The van der Waals surface area contributed by atoms with Crippen LogP contribution in [0.3, 0.4) is 0 Å². The summed E-state index contributed by atoms with van der Waals surface area (Å²) in [6.45, 7) is 1.90. The third kappa shape index (κ3) is 5.72. The van der Waals surface area contributed by atoms with Crippen molar-refractivity contribution < 1.29 is 19.2 Å². The highest BCUT2D eigenvalue weighted by Crippen LogP contribution is 2.37. The van der Waals surface area contributed by atoms with Crippen LogP contribution in [-0.2, 0) is 11.2 Å². The lowest BCUT2D eigenvalue weighted by molar-refractivity contribution is -0.385. The predicted molar refractivity (Wildman–Crippen MR) is 100 cm³/mol. The van der Waals surface area contributed by atoms with Crippen LogP contribution in [0.5, 0.6) is 11.5 Å². The fraction of sp³-hybridized carbons (Fsp3) is 0.312. The summed E-state index contributed by atoms with van der Waals surface area (Å²) < 4.78 is 10.4. The molecule has 1 heterocycles. The summed E-state index contributed by atoms with van der Waals surface area (Å²) in [4.78, 5) is 46.9. The topological polar surface area (TPSA) is 182 Å². The van der Waals surface area contributed by atoms with Crippen LogP contribution in [0.15, 0.2) is 26.8 Å². The highest BCUT2D eigenvalue weighted by atomic mass is 16.6. The smallest absolute Gasteiger partial charge is 0.342 e. The van der Waals surface area contributed by atoms with Gasteiger partial charge >= 0.3 is 11.4 Å². The van der Waals surface area contributed by atoms with Crippen LogP contribution < -0.4 is 26.1 Å². The lowest BCUT2D eigenvalue weighted by Crippen LogP contribution is -2.28. The summed E-state index contributed by atoms with van der Waals surface area (Å²) in [5.74, 6) is -0.377. The number of ether oxygens (including phenoxy) is 2. The van der Waals surface area contributed by atoms with Gasteiger partial charge in [0.25, 0.3) is 5.56 Å². The Morgan fingerprint density at radius 1 is 1.41 bits per heavy atom. The first-order valence-corrected chi connectivity index (χ1v) is 8.34. The number of nitrogens with zero attached hydrogens (tertiary/aromatic N) is 3. The van der Waals surface area contributed by atoms with E-state index in [-0.39, 0.29) is 42.3 Å². The Labute approximate surface area is 162 Å². The van der Waals surface area contributed by atoms with E-state index in [0.717, 1.165) is 0 Å². The highest BCUT2D eigenvalue weighted by Gasteiger charge is 2.21. The minimum atomic E-state index is -0.743. The number of aromatic amines is 2. The van der Waals surface area contributed by atoms with Crippen molar-refractivity contribution >= 4 is 17.8 Å². The zero-order valence-electron chi connectivity index (χ0n) is 15.6. The number of hydrazone groups is 1. The van der Waals surface area contributed by atoms with E-state index >= 15 is 0 Å². The van der Waals surface area contributed by atoms with Gasteiger partial charge in [-0.3, -0.25) is 24.7 Å². The molecule has 0 saturated heterocycles. The van der Waals surface area contributed by atoms with Crippen molar-refractivity contribution in [2.45, 2.75) is 19.8 Å². The maximum Gasteiger partial charge on any atom is 0.342 e. The predicted octanol–water partition coefficient (Wildman–Crippen LogP) is -0.143. The molecule has 0 radical (unpaired) electrons. The molecule has 0 aliphatic carbocycles. The number of methoxy groups -OCH3 is 1. The zero-order valence-corrected chi connectivity index (χ0v) is 15.6. The molecule has 13 heteroatoms. The molecule has 1 aromatic carbocycles. The molecule has 0 unspecified atom stereocenters. The van der Waals surface area contributed by atoms with Crippen molar-refractivity contribution in [2.24, 2.45) is 5.10 Å². The monoisotopic (exact) mass is 406 g/mol. The number of aryl methyl sites for hydroxylation is 1. The van der Waals surface area contributed by atoms with Gasteiger partial charge in [-0.2, -0.15) is 10.2 Å². The Bertz CT molecular complexity index is 1040. The molecule has 0 spiro atoms. The molecule has 0 fully saturated rings. The summed E-state index contributed by atoms with van der Waals surface area (Å²) in [5.41, 5.74) is 0.805. The van der Waals surface area contributed by atoms with Gasteiger partial charge in [-0.25, -0.2) is 15.3 Å². The second kappa shape index (κ2) is 9.77. The number of nitro benzene ring substituents is 1. The Morgan fingerprint density at radius 3 is 2.79 bits per heavy atom. The molecule has 0 aliphatic heterocycles. The molecular weight excluding hydrogens is 388 g/mol. The Hall–Kier alpha value is -4.03. The van der Waals surface area contributed by atoms with E-state index in [9.17, 15) is 24.5 Å². The van der Waals surface area contributed by atoms with Crippen LogP contribution in [0.1, 0.15) is 24.6 Å². The largest absolute Gasteiger partial charge is 0.493 e. The summed E-state index contributed by atoms with van der Waals surface area (Å²) in [5, 5.41) is 20.6. The number of aromatic nitrogens is 3. The number of rotatable bonds is 9. The van der Waals surface area contributed by atoms with E-state index in [1.807, 2.05) is 4.98 Å². The molecule has 13 nitrogen and oxygen atoms in total. The number of carbonyl (C=O) groups excluding carboxylic acids is 1. The van der Waals surface area contributed by atoms with E-state index in [0.29, 0.717) is 5.56 Å². The third-order valence-electron chi connectivity index (χ3n) is 3.54. The summed E-state index contributed by atoms with van der Waals surface area (Å²) in [6, 6.07) is 2.70. The molecule has 0 saturated carbocycles. The summed E-state index contributed by atoms with van der Waals surface area (Å²) >= 11 is 0.